The Kier molecular flexibility index (Phi) is 6.14. The van der Waals surface area contributed by atoms with Gasteiger partial charge >= 0.3 is 0 Å². The van der Waals surface area contributed by atoms with Gasteiger partial charge in [-0.05, 0) is 65.0 Å². The number of benzene rings is 1. The molecule has 0 aliphatic carbocycles. The van der Waals surface area contributed by atoms with E-state index in [2.05, 4.69) is 83.8 Å². The highest BCUT2D eigenvalue weighted by Gasteiger charge is 2.39. The van der Waals surface area contributed by atoms with Crippen molar-refractivity contribution in [1.82, 2.24) is 9.97 Å². The number of hydrogen-bond donors (Lipinski definition) is 0. The van der Waals surface area contributed by atoms with E-state index in [1.807, 2.05) is 30.3 Å². The Labute approximate surface area is 180 Å². The molecule has 3 aromatic rings. The molecule has 0 saturated carbocycles. The lowest BCUT2D eigenvalue weighted by Crippen LogP contribution is -2.43. The number of fused-ring (bicyclic) bond motifs is 1. The number of pyridine rings is 2. The highest BCUT2D eigenvalue weighted by Crippen LogP contribution is 2.38. The van der Waals surface area contributed by atoms with Crippen molar-refractivity contribution < 1.29 is 4.43 Å². The molecule has 0 aliphatic heterocycles. The third-order valence-electron chi connectivity index (χ3n) is 5.03. The van der Waals surface area contributed by atoms with Gasteiger partial charge < -0.3 is 4.43 Å². The van der Waals surface area contributed by atoms with E-state index in [-0.39, 0.29) is 5.04 Å². The van der Waals surface area contributed by atoms with Gasteiger partial charge in [-0.25, -0.2) is 9.97 Å². The van der Waals surface area contributed by atoms with Gasteiger partial charge in [0, 0.05) is 15.2 Å². The van der Waals surface area contributed by atoms with Crippen LogP contribution in [0.2, 0.25) is 18.1 Å². The summed E-state index contributed by atoms with van der Waals surface area (Å²) in [6, 6.07) is 14.0. The number of nitrogens with zero attached hydrogens (tertiary/aromatic N) is 4. The van der Waals surface area contributed by atoms with Crippen molar-refractivity contribution in [3.05, 3.63) is 57.9 Å². The molecule has 0 N–H and O–H groups in total. The van der Waals surface area contributed by atoms with Crippen molar-refractivity contribution in [2.24, 2.45) is 10.2 Å². The molecule has 2 aromatic heterocycles. The molecular weight excluding hydrogens is 479 g/mol. The minimum absolute atomic E-state index is 0.126. The molecule has 0 amide bonds. The Bertz CT molecular complexity index is 1010. The Hall–Kier alpha value is -1.87. The summed E-state index contributed by atoms with van der Waals surface area (Å²) in [5.74, 6) is 1.46. The Morgan fingerprint density at radius 1 is 1.11 bits per heavy atom. The molecule has 1 aromatic carbocycles. The first kappa shape index (κ1) is 20.9. The molecule has 5 nitrogen and oxygen atoms in total. The lowest BCUT2D eigenvalue weighted by atomic mass is 10.2. The van der Waals surface area contributed by atoms with E-state index in [0.717, 1.165) is 25.9 Å². The van der Waals surface area contributed by atoms with Crippen LogP contribution in [0.3, 0.4) is 0 Å². The van der Waals surface area contributed by atoms with Crippen molar-refractivity contribution in [2.75, 3.05) is 0 Å². The van der Waals surface area contributed by atoms with E-state index in [9.17, 15) is 0 Å². The van der Waals surface area contributed by atoms with Crippen molar-refractivity contribution >= 4 is 47.6 Å². The van der Waals surface area contributed by atoms with E-state index in [4.69, 9.17) is 9.41 Å². The van der Waals surface area contributed by atoms with Gasteiger partial charge in [-0.1, -0.05) is 39.0 Å². The molecule has 0 aliphatic rings. The molecule has 3 rings (SSSR count). The molecule has 0 saturated heterocycles. The summed E-state index contributed by atoms with van der Waals surface area (Å²) >= 11 is 2.23. The highest BCUT2D eigenvalue weighted by molar-refractivity contribution is 14.1. The predicted octanol–water partition coefficient (Wildman–Crippen LogP) is 6.90. The molecule has 7 heteroatoms. The van der Waals surface area contributed by atoms with E-state index in [1.54, 1.807) is 6.20 Å². The minimum atomic E-state index is -1.95. The maximum Gasteiger partial charge on any atom is 0.250 e. The largest absolute Gasteiger partial charge is 0.542 e. The Morgan fingerprint density at radius 3 is 2.61 bits per heavy atom. The first-order valence-electron chi connectivity index (χ1n) is 9.22. The van der Waals surface area contributed by atoms with Crippen LogP contribution < -0.4 is 4.43 Å². The van der Waals surface area contributed by atoms with Crippen LogP contribution in [0.4, 0.5) is 5.82 Å². The number of hydrogen-bond acceptors (Lipinski definition) is 5. The molecule has 0 radical (unpaired) electrons. The van der Waals surface area contributed by atoms with Crippen molar-refractivity contribution in [3.8, 4) is 5.75 Å². The van der Waals surface area contributed by atoms with Gasteiger partial charge in [0.2, 0.25) is 0 Å². The van der Waals surface area contributed by atoms with Crippen LogP contribution >= 0.6 is 22.6 Å². The number of rotatable bonds is 5. The smallest absolute Gasteiger partial charge is 0.250 e. The van der Waals surface area contributed by atoms with Gasteiger partial charge in [0.25, 0.3) is 8.32 Å². The molecule has 0 spiro atoms. The van der Waals surface area contributed by atoms with Crippen LogP contribution in [0.5, 0.6) is 5.75 Å². The van der Waals surface area contributed by atoms with Crippen molar-refractivity contribution in [2.45, 2.75) is 45.4 Å². The fraction of sp³-hybridized carbons (Fsp3) is 0.333. The lowest BCUT2D eigenvalue weighted by Gasteiger charge is -2.36. The van der Waals surface area contributed by atoms with Crippen molar-refractivity contribution in [1.29, 1.82) is 0 Å². The maximum atomic E-state index is 6.53. The second-order valence-electron chi connectivity index (χ2n) is 8.22. The Balaban J connectivity index is 1.86. The summed E-state index contributed by atoms with van der Waals surface area (Å²) < 4.78 is 7.61. The second kappa shape index (κ2) is 8.24. The SMILES string of the molecule is CC(C)(C)[Si](C)(C)Oc1cccc2ccc(CN=Nc3cc(I)ccn3)nc12. The van der Waals surface area contributed by atoms with Crippen LogP contribution in [0, 0.1) is 3.57 Å². The predicted molar refractivity (Wildman–Crippen MR) is 125 cm³/mol. The third-order valence-corrected chi connectivity index (χ3v) is 10.0. The third kappa shape index (κ3) is 4.94. The van der Waals surface area contributed by atoms with Gasteiger partial charge in [0.05, 0.1) is 5.69 Å². The molecule has 0 bridgehead atoms. The summed E-state index contributed by atoms with van der Waals surface area (Å²) in [7, 11) is -1.95. The van der Waals surface area contributed by atoms with Crippen LogP contribution in [0.25, 0.3) is 10.9 Å². The standard InChI is InChI=1S/C21H25IN4OSi/c1-21(2,3)28(4,5)27-18-8-6-7-15-9-10-17(25-20(15)18)14-24-26-19-13-16(22)11-12-23-19/h6-13H,14H2,1-5H3. The quantitative estimate of drug-likeness (QED) is 0.216. The van der Waals surface area contributed by atoms with Gasteiger partial charge in [-0.2, -0.15) is 5.11 Å². The van der Waals surface area contributed by atoms with Gasteiger partial charge in [-0.3, -0.25) is 0 Å². The fourth-order valence-electron chi connectivity index (χ4n) is 2.39. The van der Waals surface area contributed by atoms with E-state index in [0.29, 0.717) is 12.4 Å². The zero-order chi connectivity index (χ0) is 20.4. The van der Waals surface area contributed by atoms with Gasteiger partial charge in [0.15, 0.2) is 5.82 Å². The summed E-state index contributed by atoms with van der Waals surface area (Å²) in [6.07, 6.45) is 1.73. The van der Waals surface area contributed by atoms with E-state index < -0.39 is 8.32 Å². The van der Waals surface area contributed by atoms with Crippen LogP contribution in [-0.4, -0.2) is 18.3 Å². The van der Waals surface area contributed by atoms with E-state index in [1.165, 1.54) is 0 Å². The normalized spacial score (nSPS) is 12.6. The highest BCUT2D eigenvalue weighted by atomic mass is 127. The van der Waals surface area contributed by atoms with Crippen LogP contribution in [0.1, 0.15) is 26.5 Å². The first-order chi connectivity index (χ1) is 13.2. The number of azo groups is 1. The van der Waals surface area contributed by atoms with E-state index >= 15 is 0 Å². The monoisotopic (exact) mass is 504 g/mol. The lowest BCUT2D eigenvalue weighted by molar-refractivity contribution is 0.495. The molecule has 146 valence electrons. The summed E-state index contributed by atoms with van der Waals surface area (Å²) in [5, 5.41) is 9.66. The number of halogens is 1. The zero-order valence-corrected chi connectivity index (χ0v) is 20.1. The minimum Gasteiger partial charge on any atom is -0.542 e. The van der Waals surface area contributed by atoms with Gasteiger partial charge in [0.1, 0.15) is 17.8 Å². The van der Waals surface area contributed by atoms with Crippen molar-refractivity contribution in [3.63, 3.8) is 0 Å². The Morgan fingerprint density at radius 2 is 1.89 bits per heavy atom. The second-order valence-corrected chi connectivity index (χ2v) is 14.2. The van der Waals surface area contributed by atoms with Gasteiger partial charge in [-0.15, -0.1) is 5.11 Å². The molecule has 0 atom stereocenters. The van der Waals surface area contributed by atoms with Crippen LogP contribution in [-0.2, 0) is 6.54 Å². The topological polar surface area (TPSA) is 59.7 Å². The molecule has 0 fully saturated rings. The summed E-state index contributed by atoms with van der Waals surface area (Å²) in [6.45, 7) is 11.6. The summed E-state index contributed by atoms with van der Waals surface area (Å²) in [4.78, 5) is 9.01. The number of aromatic nitrogens is 2. The molecule has 0 unspecified atom stereocenters. The number of para-hydroxylation sites is 1. The molecule has 28 heavy (non-hydrogen) atoms. The zero-order valence-electron chi connectivity index (χ0n) is 16.9. The maximum absolute atomic E-state index is 6.53. The molecular formula is C21H25IN4OSi. The summed E-state index contributed by atoms with van der Waals surface area (Å²) in [5.41, 5.74) is 1.74. The average molecular weight is 504 g/mol. The first-order valence-corrected chi connectivity index (χ1v) is 13.2. The van der Waals surface area contributed by atoms with Crippen LogP contribution in [0.15, 0.2) is 58.9 Å². The molecule has 2 heterocycles. The average Bonchev–Trinajstić information content (AvgIpc) is 2.61. The fourth-order valence-corrected chi connectivity index (χ4v) is 3.85.